The normalized spacial score (nSPS) is 20.8. The molecule has 2 rings (SSSR count). The summed E-state index contributed by atoms with van der Waals surface area (Å²) in [4.78, 5) is 11.4. The minimum Gasteiger partial charge on any atom is -0.356 e. The molecule has 1 fully saturated rings. The van der Waals surface area contributed by atoms with Crippen molar-refractivity contribution in [2.75, 3.05) is 6.54 Å². The maximum absolute atomic E-state index is 11.4. The Hall–Kier alpha value is -1.06. The highest BCUT2D eigenvalue weighted by atomic mass is 35.5. The first kappa shape index (κ1) is 12.4. The van der Waals surface area contributed by atoms with E-state index in [1.165, 1.54) is 0 Å². The highest BCUT2D eigenvalue weighted by Crippen LogP contribution is 2.12. The van der Waals surface area contributed by atoms with Crippen LogP contribution < -0.4 is 10.6 Å². The van der Waals surface area contributed by atoms with Crippen LogP contribution in [0.5, 0.6) is 0 Å². The van der Waals surface area contributed by atoms with Crippen molar-refractivity contribution in [3.63, 3.8) is 0 Å². The molecule has 1 atom stereocenters. The number of carbonyl (C=O) groups is 1. The van der Waals surface area contributed by atoms with Crippen molar-refractivity contribution >= 4 is 17.5 Å². The van der Waals surface area contributed by atoms with Crippen molar-refractivity contribution in [2.24, 2.45) is 0 Å². The van der Waals surface area contributed by atoms with Crippen LogP contribution in [-0.2, 0) is 11.3 Å². The van der Waals surface area contributed by atoms with Crippen LogP contribution in [0.2, 0.25) is 5.02 Å². The van der Waals surface area contributed by atoms with Gasteiger partial charge in [0.05, 0.1) is 0 Å². The third-order valence-corrected chi connectivity index (χ3v) is 3.20. The van der Waals surface area contributed by atoms with Crippen molar-refractivity contribution in [1.29, 1.82) is 0 Å². The van der Waals surface area contributed by atoms with E-state index in [0.29, 0.717) is 6.42 Å². The molecule has 17 heavy (non-hydrogen) atoms. The lowest BCUT2D eigenvalue weighted by atomic mass is 10.1. The quantitative estimate of drug-likeness (QED) is 0.865. The lowest BCUT2D eigenvalue weighted by Gasteiger charge is -2.15. The first-order chi connectivity index (χ1) is 8.24. The summed E-state index contributed by atoms with van der Waals surface area (Å²) >= 11 is 5.92. The van der Waals surface area contributed by atoms with E-state index in [2.05, 4.69) is 10.6 Å². The number of amides is 1. The second-order valence-corrected chi connectivity index (χ2v) is 4.84. The second-order valence-electron chi connectivity index (χ2n) is 4.40. The predicted molar refractivity (Wildman–Crippen MR) is 68.9 cm³/mol. The molecule has 0 radical (unpaired) electrons. The molecule has 3 nitrogen and oxygen atoms in total. The van der Waals surface area contributed by atoms with Gasteiger partial charge in [-0.25, -0.2) is 0 Å². The smallest absolute Gasteiger partial charge is 0.221 e. The van der Waals surface area contributed by atoms with Crippen LogP contribution in [-0.4, -0.2) is 18.5 Å². The van der Waals surface area contributed by atoms with Gasteiger partial charge in [0.25, 0.3) is 0 Å². The maximum atomic E-state index is 11.4. The third kappa shape index (κ3) is 4.02. The Labute approximate surface area is 107 Å². The van der Waals surface area contributed by atoms with E-state index in [-0.39, 0.29) is 11.9 Å². The fourth-order valence-corrected chi connectivity index (χ4v) is 2.27. The van der Waals surface area contributed by atoms with Crippen LogP contribution in [0.3, 0.4) is 0 Å². The fourth-order valence-electron chi connectivity index (χ4n) is 2.06. The van der Waals surface area contributed by atoms with Gasteiger partial charge in [0.2, 0.25) is 5.91 Å². The minimum absolute atomic E-state index is 0.145. The average molecular weight is 253 g/mol. The predicted octanol–water partition coefficient (Wildman–Crippen LogP) is 2.10. The molecule has 0 aromatic heterocycles. The van der Waals surface area contributed by atoms with Gasteiger partial charge in [-0.2, -0.15) is 0 Å². The van der Waals surface area contributed by atoms with Gasteiger partial charge >= 0.3 is 0 Å². The minimum atomic E-state index is 0.145. The second kappa shape index (κ2) is 6.03. The maximum Gasteiger partial charge on any atom is 0.221 e. The van der Waals surface area contributed by atoms with E-state index in [1.54, 1.807) is 0 Å². The van der Waals surface area contributed by atoms with Crippen LogP contribution in [0, 0.1) is 0 Å². The van der Waals surface area contributed by atoms with Crippen molar-refractivity contribution in [3.05, 3.63) is 34.9 Å². The molecule has 2 N–H and O–H groups in total. The molecule has 92 valence electrons. The van der Waals surface area contributed by atoms with Crippen LogP contribution in [0.1, 0.15) is 24.8 Å². The lowest BCUT2D eigenvalue weighted by Crippen LogP contribution is -2.32. The number of nitrogens with one attached hydrogen (secondary N) is 2. The molecule has 0 aliphatic carbocycles. The SMILES string of the molecule is O=C1CC(NCc2cccc(Cl)c2)CCCN1. The summed E-state index contributed by atoms with van der Waals surface area (Å²) in [5.41, 5.74) is 1.15. The molecule has 0 spiro atoms. The number of benzene rings is 1. The monoisotopic (exact) mass is 252 g/mol. The average Bonchev–Trinajstić information content (AvgIpc) is 2.51. The molecule has 1 saturated heterocycles. The summed E-state index contributed by atoms with van der Waals surface area (Å²) < 4.78 is 0. The van der Waals surface area contributed by atoms with Crippen molar-refractivity contribution in [1.82, 2.24) is 10.6 Å². The Morgan fingerprint density at radius 2 is 2.35 bits per heavy atom. The van der Waals surface area contributed by atoms with Gasteiger partial charge in [-0.1, -0.05) is 23.7 Å². The van der Waals surface area contributed by atoms with Crippen LogP contribution >= 0.6 is 11.6 Å². The summed E-state index contributed by atoms with van der Waals surface area (Å²) in [5.74, 6) is 0.145. The van der Waals surface area contributed by atoms with E-state index < -0.39 is 0 Å². The van der Waals surface area contributed by atoms with Crippen LogP contribution in [0.4, 0.5) is 0 Å². The van der Waals surface area contributed by atoms with Crippen molar-refractivity contribution in [3.8, 4) is 0 Å². The molecule has 1 aliphatic rings. The largest absolute Gasteiger partial charge is 0.356 e. The van der Waals surface area contributed by atoms with Gasteiger partial charge in [-0.15, -0.1) is 0 Å². The van der Waals surface area contributed by atoms with Gasteiger partial charge in [-0.05, 0) is 30.5 Å². The molecule has 1 aromatic rings. The summed E-state index contributed by atoms with van der Waals surface area (Å²) in [6.07, 6.45) is 2.65. The molecule has 1 heterocycles. The Bertz CT molecular complexity index is 395. The van der Waals surface area contributed by atoms with Gasteiger partial charge in [-0.3, -0.25) is 4.79 Å². The lowest BCUT2D eigenvalue weighted by molar-refractivity contribution is -0.121. The third-order valence-electron chi connectivity index (χ3n) is 2.97. The topological polar surface area (TPSA) is 41.1 Å². The molecule has 0 bridgehead atoms. The molecule has 1 amide bonds. The fraction of sp³-hybridized carbons (Fsp3) is 0.462. The number of hydrogen-bond acceptors (Lipinski definition) is 2. The van der Waals surface area contributed by atoms with Gasteiger partial charge < -0.3 is 10.6 Å². The molecule has 1 aromatic carbocycles. The molecule has 4 heteroatoms. The summed E-state index contributed by atoms with van der Waals surface area (Å²) in [6, 6.07) is 8.07. The van der Waals surface area contributed by atoms with Gasteiger partial charge in [0.15, 0.2) is 0 Å². The Kier molecular flexibility index (Phi) is 4.40. The molecule has 1 aliphatic heterocycles. The summed E-state index contributed by atoms with van der Waals surface area (Å²) in [6.45, 7) is 1.56. The van der Waals surface area contributed by atoms with Crippen molar-refractivity contribution in [2.45, 2.75) is 31.8 Å². The zero-order valence-corrected chi connectivity index (χ0v) is 10.5. The number of halogens is 1. The molecule has 0 saturated carbocycles. The zero-order chi connectivity index (χ0) is 12.1. The standard InChI is InChI=1S/C13H17ClN2O/c14-11-4-1-3-10(7-11)9-16-12-5-2-6-15-13(17)8-12/h1,3-4,7,12,16H,2,5-6,8-9H2,(H,15,17). The molecular formula is C13H17ClN2O. The van der Waals surface area contributed by atoms with Crippen molar-refractivity contribution < 1.29 is 4.79 Å². The van der Waals surface area contributed by atoms with Crippen LogP contribution in [0.25, 0.3) is 0 Å². The first-order valence-electron chi connectivity index (χ1n) is 5.98. The summed E-state index contributed by atoms with van der Waals surface area (Å²) in [5, 5.41) is 7.05. The highest BCUT2D eigenvalue weighted by Gasteiger charge is 2.16. The Morgan fingerprint density at radius 3 is 3.18 bits per heavy atom. The number of carbonyl (C=O) groups excluding carboxylic acids is 1. The van der Waals surface area contributed by atoms with E-state index in [1.807, 2.05) is 24.3 Å². The van der Waals surface area contributed by atoms with E-state index in [4.69, 9.17) is 11.6 Å². The highest BCUT2D eigenvalue weighted by molar-refractivity contribution is 6.30. The Morgan fingerprint density at radius 1 is 1.47 bits per heavy atom. The van der Waals surface area contributed by atoms with E-state index >= 15 is 0 Å². The number of rotatable bonds is 3. The molecule has 1 unspecified atom stereocenters. The van der Waals surface area contributed by atoms with Crippen LogP contribution in [0.15, 0.2) is 24.3 Å². The summed E-state index contributed by atoms with van der Waals surface area (Å²) in [7, 11) is 0. The zero-order valence-electron chi connectivity index (χ0n) is 9.71. The van der Waals surface area contributed by atoms with E-state index in [9.17, 15) is 4.79 Å². The first-order valence-corrected chi connectivity index (χ1v) is 6.36. The van der Waals surface area contributed by atoms with Gasteiger partial charge in [0.1, 0.15) is 0 Å². The number of hydrogen-bond donors (Lipinski definition) is 2. The van der Waals surface area contributed by atoms with E-state index in [0.717, 1.165) is 36.5 Å². The molecular weight excluding hydrogens is 236 g/mol. The van der Waals surface area contributed by atoms with Gasteiger partial charge in [0, 0.05) is 30.6 Å². The Balaban J connectivity index is 1.86.